The zero-order valence-corrected chi connectivity index (χ0v) is 8.04. The molecule has 2 aliphatic rings. The molecule has 0 amide bonds. The van der Waals surface area contributed by atoms with Crippen LogP contribution in [0.1, 0.15) is 19.3 Å². The molecule has 2 rings (SSSR count). The van der Waals surface area contributed by atoms with Gasteiger partial charge < -0.3 is 9.64 Å². The zero-order chi connectivity index (χ0) is 9.10. The summed E-state index contributed by atoms with van der Waals surface area (Å²) in [7, 11) is 0. The molecule has 0 N–H and O–H groups in total. The molecule has 0 aromatic rings. The normalized spacial score (nSPS) is 34.8. The number of piperidine rings is 1. The topological polar surface area (TPSA) is 12.5 Å². The van der Waals surface area contributed by atoms with E-state index >= 15 is 0 Å². The van der Waals surface area contributed by atoms with Crippen molar-refractivity contribution >= 4 is 0 Å². The Morgan fingerprint density at radius 3 is 3.15 bits per heavy atom. The Hall–Kier alpha value is -0.150. The lowest BCUT2D eigenvalue weighted by atomic mass is 9.94. The van der Waals surface area contributed by atoms with Gasteiger partial charge in [0.25, 0.3) is 0 Å². The second kappa shape index (κ2) is 4.38. The third kappa shape index (κ3) is 2.20. The van der Waals surface area contributed by atoms with E-state index in [1.54, 1.807) is 0 Å². The predicted octanol–water partition coefficient (Wildman–Crippen LogP) is 1.46. The van der Waals surface area contributed by atoms with Crippen LogP contribution >= 0.6 is 0 Å². The monoisotopic (exact) mass is 187 g/mol. The van der Waals surface area contributed by atoms with E-state index < -0.39 is 0 Å². The number of nitrogens with zero attached hydrogens (tertiary/aromatic N) is 1. The molecule has 0 unspecified atom stereocenters. The molecule has 3 heteroatoms. The number of halogens is 1. The average molecular weight is 187 g/mol. The van der Waals surface area contributed by atoms with Crippen molar-refractivity contribution in [2.24, 2.45) is 5.92 Å². The highest BCUT2D eigenvalue weighted by Gasteiger charge is 2.33. The standard InChI is InChI=1S/C10H18FNO/c11-4-1-5-12-6-2-10-9(8-12)3-7-13-10/h9-10H,1-8H2/t9-,10+/m0/s1. The van der Waals surface area contributed by atoms with Gasteiger partial charge in [-0.1, -0.05) is 0 Å². The molecule has 13 heavy (non-hydrogen) atoms. The van der Waals surface area contributed by atoms with Crippen LogP contribution in [0, 0.1) is 5.92 Å². The Labute approximate surface area is 79.1 Å². The predicted molar refractivity (Wildman–Crippen MR) is 49.5 cm³/mol. The van der Waals surface area contributed by atoms with Crippen molar-refractivity contribution in [2.45, 2.75) is 25.4 Å². The molecular formula is C10H18FNO. The van der Waals surface area contributed by atoms with Crippen LogP contribution < -0.4 is 0 Å². The molecule has 76 valence electrons. The fourth-order valence-electron chi connectivity index (χ4n) is 2.44. The maximum atomic E-state index is 12.0. The molecule has 2 fully saturated rings. The zero-order valence-electron chi connectivity index (χ0n) is 8.04. The molecule has 0 radical (unpaired) electrons. The molecule has 0 aromatic carbocycles. The van der Waals surface area contributed by atoms with Gasteiger partial charge in [-0.05, 0) is 19.3 Å². The molecule has 0 spiro atoms. The van der Waals surface area contributed by atoms with Gasteiger partial charge in [0.05, 0.1) is 12.8 Å². The summed E-state index contributed by atoms with van der Waals surface area (Å²) < 4.78 is 17.6. The van der Waals surface area contributed by atoms with E-state index in [9.17, 15) is 4.39 Å². The summed E-state index contributed by atoms with van der Waals surface area (Å²) in [6.07, 6.45) is 3.56. The lowest BCUT2D eigenvalue weighted by Crippen LogP contribution is -2.41. The van der Waals surface area contributed by atoms with Crippen LogP contribution in [0.3, 0.4) is 0 Å². The van der Waals surface area contributed by atoms with Crippen molar-refractivity contribution in [3.63, 3.8) is 0 Å². The number of hydrogen-bond acceptors (Lipinski definition) is 2. The SMILES string of the molecule is FCCCN1CC[C@H]2OCC[C@H]2C1. The van der Waals surface area contributed by atoms with Crippen molar-refractivity contribution in [1.82, 2.24) is 4.90 Å². The van der Waals surface area contributed by atoms with Gasteiger partial charge in [-0.25, -0.2) is 0 Å². The summed E-state index contributed by atoms with van der Waals surface area (Å²) in [6.45, 7) is 3.92. The first kappa shape index (κ1) is 9.41. The minimum absolute atomic E-state index is 0.179. The number of rotatable bonds is 3. The summed E-state index contributed by atoms with van der Waals surface area (Å²) in [5.74, 6) is 0.730. The van der Waals surface area contributed by atoms with Gasteiger partial charge in [-0.2, -0.15) is 0 Å². The highest BCUT2D eigenvalue weighted by Crippen LogP contribution is 2.28. The molecule has 0 aromatic heterocycles. The first-order chi connectivity index (χ1) is 6.40. The Bertz CT molecular complexity index is 165. The smallest absolute Gasteiger partial charge is 0.0906 e. The lowest BCUT2D eigenvalue weighted by Gasteiger charge is -2.33. The number of likely N-dealkylation sites (tertiary alicyclic amines) is 1. The summed E-state index contributed by atoms with van der Waals surface area (Å²) in [5, 5.41) is 0. The van der Waals surface area contributed by atoms with Gasteiger partial charge in [-0.3, -0.25) is 4.39 Å². The highest BCUT2D eigenvalue weighted by molar-refractivity contribution is 4.84. The van der Waals surface area contributed by atoms with Crippen LogP contribution in [0.4, 0.5) is 4.39 Å². The van der Waals surface area contributed by atoms with Gasteiger partial charge in [0.15, 0.2) is 0 Å². The maximum absolute atomic E-state index is 12.0. The fourth-order valence-corrected chi connectivity index (χ4v) is 2.44. The van der Waals surface area contributed by atoms with E-state index in [1.807, 2.05) is 0 Å². The maximum Gasteiger partial charge on any atom is 0.0906 e. The van der Waals surface area contributed by atoms with Gasteiger partial charge in [0.2, 0.25) is 0 Å². The second-order valence-electron chi connectivity index (χ2n) is 4.09. The van der Waals surface area contributed by atoms with Crippen LogP contribution in [-0.4, -0.2) is 43.9 Å². The lowest BCUT2D eigenvalue weighted by molar-refractivity contribution is 0.0344. The van der Waals surface area contributed by atoms with Gasteiger partial charge in [0, 0.05) is 32.2 Å². The summed E-state index contributed by atoms with van der Waals surface area (Å²) in [5.41, 5.74) is 0. The Balaban J connectivity index is 1.76. The third-order valence-corrected chi connectivity index (χ3v) is 3.18. The minimum atomic E-state index is -0.179. The number of fused-ring (bicyclic) bond motifs is 1. The highest BCUT2D eigenvalue weighted by atomic mass is 19.1. The van der Waals surface area contributed by atoms with Crippen LogP contribution in [0.25, 0.3) is 0 Å². The Morgan fingerprint density at radius 2 is 2.31 bits per heavy atom. The van der Waals surface area contributed by atoms with Gasteiger partial charge in [0.1, 0.15) is 0 Å². The van der Waals surface area contributed by atoms with Crippen molar-refractivity contribution in [3.8, 4) is 0 Å². The Kier molecular flexibility index (Phi) is 3.17. The van der Waals surface area contributed by atoms with Crippen LogP contribution in [0.5, 0.6) is 0 Å². The van der Waals surface area contributed by atoms with Crippen molar-refractivity contribution in [3.05, 3.63) is 0 Å². The van der Waals surface area contributed by atoms with Crippen LogP contribution in [-0.2, 0) is 4.74 Å². The third-order valence-electron chi connectivity index (χ3n) is 3.18. The molecule has 0 aliphatic carbocycles. The summed E-state index contributed by atoms with van der Waals surface area (Å²) in [6, 6.07) is 0. The molecule has 2 aliphatic heterocycles. The van der Waals surface area contributed by atoms with Crippen LogP contribution in [0.2, 0.25) is 0 Å². The van der Waals surface area contributed by atoms with Gasteiger partial charge in [-0.15, -0.1) is 0 Å². The molecule has 0 bridgehead atoms. The van der Waals surface area contributed by atoms with E-state index in [0.29, 0.717) is 12.5 Å². The number of alkyl halides is 1. The van der Waals surface area contributed by atoms with Crippen molar-refractivity contribution < 1.29 is 9.13 Å². The van der Waals surface area contributed by atoms with E-state index in [0.717, 1.165) is 38.6 Å². The molecule has 2 nitrogen and oxygen atoms in total. The van der Waals surface area contributed by atoms with Crippen molar-refractivity contribution in [1.29, 1.82) is 0 Å². The Morgan fingerprint density at radius 1 is 1.38 bits per heavy atom. The molecule has 0 saturated carbocycles. The number of ether oxygens (including phenoxy) is 1. The second-order valence-corrected chi connectivity index (χ2v) is 4.09. The molecule has 2 heterocycles. The van der Waals surface area contributed by atoms with Gasteiger partial charge >= 0.3 is 0 Å². The fraction of sp³-hybridized carbons (Fsp3) is 1.00. The van der Waals surface area contributed by atoms with Crippen LogP contribution in [0.15, 0.2) is 0 Å². The first-order valence-electron chi connectivity index (χ1n) is 5.30. The van der Waals surface area contributed by atoms with E-state index in [1.165, 1.54) is 6.42 Å². The number of hydrogen-bond donors (Lipinski definition) is 0. The first-order valence-corrected chi connectivity index (χ1v) is 5.30. The average Bonchev–Trinajstić information content (AvgIpc) is 2.61. The molecule has 2 atom stereocenters. The summed E-state index contributed by atoms with van der Waals surface area (Å²) in [4.78, 5) is 2.38. The quantitative estimate of drug-likeness (QED) is 0.663. The van der Waals surface area contributed by atoms with E-state index in [2.05, 4.69) is 4.90 Å². The van der Waals surface area contributed by atoms with Crippen molar-refractivity contribution in [2.75, 3.05) is 32.9 Å². The molecule has 2 saturated heterocycles. The molecular weight excluding hydrogens is 169 g/mol. The summed E-state index contributed by atoms with van der Waals surface area (Å²) >= 11 is 0. The minimum Gasteiger partial charge on any atom is -0.378 e. The van der Waals surface area contributed by atoms with E-state index in [-0.39, 0.29) is 6.67 Å². The van der Waals surface area contributed by atoms with E-state index in [4.69, 9.17) is 4.74 Å². The largest absolute Gasteiger partial charge is 0.378 e.